The summed E-state index contributed by atoms with van der Waals surface area (Å²) in [5.41, 5.74) is 0. The summed E-state index contributed by atoms with van der Waals surface area (Å²) in [7, 11) is 2.45. The van der Waals surface area contributed by atoms with Crippen LogP contribution in [0.5, 0.6) is 0 Å². The fourth-order valence-electron chi connectivity index (χ4n) is 1.06. The van der Waals surface area contributed by atoms with Crippen molar-refractivity contribution in [2.75, 3.05) is 0 Å². The summed E-state index contributed by atoms with van der Waals surface area (Å²) in [5.74, 6) is 0.672. The summed E-state index contributed by atoms with van der Waals surface area (Å²) < 4.78 is 2.94. The molecule has 4 aromatic rings. The third-order valence-corrected chi connectivity index (χ3v) is 64.6. The van der Waals surface area contributed by atoms with E-state index in [1.807, 2.05) is 0 Å². The van der Waals surface area contributed by atoms with Crippen molar-refractivity contribution in [1.82, 2.24) is 4.09 Å². The van der Waals surface area contributed by atoms with Crippen LogP contribution in [0.25, 0.3) is 0 Å². The van der Waals surface area contributed by atoms with E-state index in [1.54, 1.807) is 0 Å². The van der Waals surface area contributed by atoms with E-state index in [0.29, 0.717) is 18.1 Å². The van der Waals surface area contributed by atoms with Gasteiger partial charge in [-0.2, -0.15) is 0 Å². The van der Waals surface area contributed by atoms with E-state index in [0.717, 1.165) is 25.0 Å². The molecule has 1 nitrogen and oxygen atoms in total. The van der Waals surface area contributed by atoms with Crippen LogP contribution in [0.3, 0.4) is 0 Å². The van der Waals surface area contributed by atoms with Gasteiger partial charge in [0.25, 0.3) is 0 Å². The standard InChI is InChI=1S/C3H7NP4SSe/c1-3(2)4-5-7-8(5)10-6(4)9-7/h3H,1-2H3. The van der Waals surface area contributed by atoms with Crippen molar-refractivity contribution in [2.45, 2.75) is 19.9 Å². The molecule has 4 unspecified atom stereocenters. The molecule has 0 aromatic carbocycles. The zero-order valence-corrected chi connectivity index (χ0v) is 11.7. The van der Waals surface area contributed by atoms with Crippen molar-refractivity contribution < 1.29 is 0 Å². The Morgan fingerprint density at radius 1 is 1.50 bits per heavy atom. The van der Waals surface area contributed by atoms with Gasteiger partial charge in [-0.15, -0.1) is 0 Å². The first-order valence-electron chi connectivity index (χ1n) is 3.14. The van der Waals surface area contributed by atoms with E-state index in [-0.39, 0.29) is 0 Å². The number of rotatable bonds is 1. The van der Waals surface area contributed by atoms with Crippen molar-refractivity contribution in [1.29, 1.82) is 0 Å². The summed E-state index contributed by atoms with van der Waals surface area (Å²) in [5, 5.41) is 1.22. The molecule has 0 spiro atoms. The van der Waals surface area contributed by atoms with E-state index in [4.69, 9.17) is 0 Å². The van der Waals surface area contributed by atoms with Crippen molar-refractivity contribution in [3.63, 3.8) is 0 Å². The molecule has 4 bridgehead atoms. The summed E-state index contributed by atoms with van der Waals surface area (Å²) >= 11 is 1.16. The van der Waals surface area contributed by atoms with Crippen molar-refractivity contribution >= 4 is 47.5 Å². The molecule has 10 heavy (non-hydrogen) atoms. The monoisotopic (exact) mass is 293 g/mol. The summed E-state index contributed by atoms with van der Waals surface area (Å²) in [6, 6.07) is 0.897. The third-order valence-electron chi connectivity index (χ3n) is 1.52. The molecule has 0 N–H and O–H groups in total. The van der Waals surface area contributed by atoms with E-state index >= 15 is 0 Å². The molecule has 0 aliphatic heterocycles. The SMILES string of the molecule is CC(C)n1p2sp3p([se]2)p13. The molecule has 0 saturated heterocycles. The van der Waals surface area contributed by atoms with Gasteiger partial charge in [0.15, 0.2) is 0 Å². The quantitative estimate of drug-likeness (QED) is 0.576. The molecule has 0 saturated carbocycles. The number of nitrogens with zero attached hydrogens (tertiary/aromatic N) is 1. The van der Waals surface area contributed by atoms with Gasteiger partial charge in [-0.1, -0.05) is 0 Å². The van der Waals surface area contributed by atoms with Crippen LogP contribution in [0.15, 0.2) is 0 Å². The predicted molar refractivity (Wildman–Crippen MR) is 57.3 cm³/mol. The van der Waals surface area contributed by atoms with E-state index in [2.05, 4.69) is 28.5 Å². The molecular weight excluding hydrogens is 285 g/mol. The van der Waals surface area contributed by atoms with Gasteiger partial charge in [0, 0.05) is 0 Å². The Labute approximate surface area is 71.3 Å². The summed E-state index contributed by atoms with van der Waals surface area (Å²) in [6.07, 6.45) is 0. The molecule has 0 aliphatic carbocycles. The molecule has 4 aromatic heterocycles. The molecule has 0 aliphatic rings. The molecule has 4 atom stereocenters. The minimum atomic E-state index is 0.464. The van der Waals surface area contributed by atoms with Gasteiger partial charge in [0.2, 0.25) is 0 Å². The van der Waals surface area contributed by atoms with Gasteiger partial charge >= 0.3 is 71.5 Å². The second-order valence-corrected chi connectivity index (χ2v) is 35.0. The topological polar surface area (TPSA) is 4.93 Å². The van der Waals surface area contributed by atoms with Gasteiger partial charge in [-0.25, -0.2) is 0 Å². The predicted octanol–water partition coefficient (Wildman–Crippen LogP) is 4.63. The van der Waals surface area contributed by atoms with Crippen LogP contribution in [-0.2, 0) is 0 Å². The van der Waals surface area contributed by atoms with Crippen LogP contribution in [0.2, 0.25) is 0 Å². The van der Waals surface area contributed by atoms with E-state index in [1.165, 1.54) is 0 Å². The first-order valence-corrected chi connectivity index (χ1v) is 17.0. The van der Waals surface area contributed by atoms with E-state index < -0.39 is 0 Å². The average molecular weight is 292 g/mol. The van der Waals surface area contributed by atoms with Crippen molar-refractivity contribution in [2.24, 2.45) is 0 Å². The van der Waals surface area contributed by atoms with Crippen LogP contribution in [0.1, 0.15) is 19.9 Å². The molecule has 56 valence electrons. The number of aromatic nitrogens is 1. The van der Waals surface area contributed by atoms with Crippen LogP contribution >= 0.6 is 34.0 Å². The van der Waals surface area contributed by atoms with Crippen LogP contribution in [0, 0.1) is 0 Å². The Balaban J connectivity index is 2.46. The Morgan fingerprint density at radius 2 is 2.30 bits per heavy atom. The molecule has 4 heterocycles. The van der Waals surface area contributed by atoms with Crippen molar-refractivity contribution in [3.05, 3.63) is 0 Å². The van der Waals surface area contributed by atoms with Gasteiger partial charge < -0.3 is 0 Å². The second kappa shape index (κ2) is 2.16. The Morgan fingerprint density at radius 3 is 2.50 bits per heavy atom. The van der Waals surface area contributed by atoms with Gasteiger partial charge in [-0.3, -0.25) is 0 Å². The average Bonchev–Trinajstić information content (AvgIpc) is 2.38. The zero-order chi connectivity index (χ0) is 6.88. The Bertz CT molecular complexity index is 417. The fourth-order valence-corrected chi connectivity index (χ4v) is 125. The summed E-state index contributed by atoms with van der Waals surface area (Å²) in [4.78, 5) is 0. The minimum absolute atomic E-state index is 0.464. The first-order chi connectivity index (χ1) is 4.79. The van der Waals surface area contributed by atoms with E-state index in [9.17, 15) is 0 Å². The van der Waals surface area contributed by atoms with Crippen LogP contribution < -0.4 is 0 Å². The molecular formula is C3H7NP4SSe. The van der Waals surface area contributed by atoms with Gasteiger partial charge in [0.1, 0.15) is 0 Å². The fraction of sp³-hybridized carbons (Fsp3) is 1.00. The van der Waals surface area contributed by atoms with Gasteiger partial charge in [0.05, 0.1) is 0 Å². The third kappa shape index (κ3) is 0.738. The van der Waals surface area contributed by atoms with Crippen molar-refractivity contribution in [3.8, 4) is 0 Å². The number of hydrogen-bond donors (Lipinski definition) is 0. The Kier molecular flexibility index (Phi) is 1.55. The van der Waals surface area contributed by atoms with Gasteiger partial charge in [-0.05, 0) is 0 Å². The molecule has 0 fully saturated rings. The number of hydrogen-bond acceptors (Lipinski definition) is 1. The maximum absolute atomic E-state index is 2.94. The second-order valence-electron chi connectivity index (χ2n) is 2.59. The zero-order valence-electron chi connectivity index (χ0n) is 5.63. The molecule has 0 radical (unpaired) electrons. The summed E-state index contributed by atoms with van der Waals surface area (Å²) in [6.45, 7) is 5.38. The normalized spacial score (nSPS) is 21.1. The Hall–Kier alpha value is 1.74. The molecule has 0 amide bonds. The molecule has 4 rings (SSSR count). The first kappa shape index (κ1) is 7.17. The molecule has 7 heteroatoms. The van der Waals surface area contributed by atoms with Crippen LogP contribution in [-0.4, -0.2) is 17.7 Å². The maximum atomic E-state index is 2.94. The van der Waals surface area contributed by atoms with Crippen LogP contribution in [0.4, 0.5) is 0 Å².